The van der Waals surface area contributed by atoms with Crippen molar-refractivity contribution in [1.29, 1.82) is 0 Å². The van der Waals surface area contributed by atoms with Gasteiger partial charge in [0.1, 0.15) is 18.1 Å². The van der Waals surface area contributed by atoms with Gasteiger partial charge in [-0.3, -0.25) is 9.59 Å². The van der Waals surface area contributed by atoms with Gasteiger partial charge in [-0.05, 0) is 74.4 Å². The van der Waals surface area contributed by atoms with Crippen molar-refractivity contribution in [3.8, 4) is 5.69 Å². The molecule has 1 aliphatic heterocycles. The monoisotopic (exact) mass is 524 g/mol. The van der Waals surface area contributed by atoms with Gasteiger partial charge in [-0.2, -0.15) is 0 Å². The number of anilines is 1. The fourth-order valence-corrected chi connectivity index (χ4v) is 4.24. The fraction of sp³-hybridized carbons (Fsp3) is 0.160. The maximum absolute atomic E-state index is 14.6. The Hall–Kier alpha value is -3.72. The molecule has 1 fully saturated rings. The lowest BCUT2D eigenvalue weighted by Crippen LogP contribution is -2.38. The summed E-state index contributed by atoms with van der Waals surface area (Å²) in [6, 6.07) is 13.1. The number of urea groups is 1. The molecular weight excluding hydrogens is 503 g/mol. The largest absolute Gasteiger partial charge is 0.329 e. The highest BCUT2D eigenvalue weighted by atomic mass is 79.9. The van der Waals surface area contributed by atoms with Crippen LogP contribution in [0.3, 0.4) is 0 Å². The number of hydrogen-bond acceptors (Lipinski definition) is 3. The molecule has 1 aliphatic rings. The Kier molecular flexibility index (Phi) is 6.39. The first-order chi connectivity index (χ1) is 16.1. The number of amides is 4. The highest BCUT2D eigenvalue weighted by Crippen LogP contribution is 2.27. The number of halogens is 2. The van der Waals surface area contributed by atoms with Crippen LogP contribution in [0.25, 0.3) is 11.8 Å². The summed E-state index contributed by atoms with van der Waals surface area (Å²) >= 11 is 3.26. The van der Waals surface area contributed by atoms with Crippen LogP contribution < -0.4 is 10.6 Å². The van der Waals surface area contributed by atoms with Gasteiger partial charge in [0, 0.05) is 21.5 Å². The molecule has 7 nitrogen and oxygen atoms in total. The van der Waals surface area contributed by atoms with Gasteiger partial charge < -0.3 is 15.2 Å². The van der Waals surface area contributed by atoms with Crippen LogP contribution in [-0.2, 0) is 9.59 Å². The van der Waals surface area contributed by atoms with Crippen LogP contribution in [0, 0.1) is 26.6 Å². The van der Waals surface area contributed by atoms with Crippen molar-refractivity contribution in [2.45, 2.75) is 20.8 Å². The Balaban J connectivity index is 1.55. The predicted molar refractivity (Wildman–Crippen MR) is 131 cm³/mol. The molecule has 0 aliphatic carbocycles. The number of aryl methyl sites for hydroxylation is 2. The lowest BCUT2D eigenvalue weighted by Gasteiger charge is -2.12. The molecule has 0 atom stereocenters. The first kappa shape index (κ1) is 23.4. The lowest BCUT2D eigenvalue weighted by atomic mass is 10.2. The topological polar surface area (TPSA) is 83.4 Å². The molecule has 4 rings (SSSR count). The molecular formula is C25H22BrFN4O3. The smallest absolute Gasteiger partial charge is 0.325 e. The van der Waals surface area contributed by atoms with E-state index in [4.69, 9.17) is 0 Å². The van der Waals surface area contributed by atoms with Gasteiger partial charge in [-0.25, -0.2) is 14.1 Å². The number of carbonyl (C=O) groups is 3. The molecule has 1 aromatic heterocycles. The van der Waals surface area contributed by atoms with E-state index in [2.05, 4.69) is 26.6 Å². The van der Waals surface area contributed by atoms with Crippen LogP contribution in [0.1, 0.15) is 22.5 Å². The van der Waals surface area contributed by atoms with E-state index < -0.39 is 30.2 Å². The quantitative estimate of drug-likeness (QED) is 0.370. The standard InChI is InChI=1S/C25H22BrFN4O3/c1-14-5-4-6-19(9-14)28-23(32)13-30-24(33)21(29-25(30)34)11-17-10-15(2)31(16(17)3)22-8-7-18(26)12-20(22)27/h4-12H,13H2,1-3H3,(H,28,32)(H,29,34)/b21-11+. The van der Waals surface area contributed by atoms with E-state index in [0.29, 0.717) is 27.1 Å². The number of rotatable bonds is 5. The average Bonchev–Trinajstić information content (AvgIpc) is 3.18. The number of carbonyl (C=O) groups excluding carboxylic acids is 3. The Morgan fingerprint density at radius 2 is 1.88 bits per heavy atom. The third-order valence-corrected chi connectivity index (χ3v) is 5.98. The van der Waals surface area contributed by atoms with Crippen molar-refractivity contribution >= 4 is 45.5 Å². The number of aromatic nitrogens is 1. The molecule has 4 amide bonds. The number of nitrogens with one attached hydrogen (secondary N) is 2. The SMILES string of the molecule is Cc1cccc(NC(=O)CN2C(=O)N/C(=C/c3cc(C)n(-c4ccc(Br)cc4F)c3C)C2=O)c1. The highest BCUT2D eigenvalue weighted by molar-refractivity contribution is 9.10. The molecule has 174 valence electrons. The van der Waals surface area contributed by atoms with Gasteiger partial charge in [0.15, 0.2) is 0 Å². The third kappa shape index (κ3) is 4.65. The zero-order chi connectivity index (χ0) is 24.6. The second-order valence-corrected chi connectivity index (χ2v) is 8.97. The molecule has 2 N–H and O–H groups in total. The first-order valence-corrected chi connectivity index (χ1v) is 11.3. The van der Waals surface area contributed by atoms with Crippen molar-refractivity contribution < 1.29 is 18.8 Å². The number of imide groups is 1. The molecule has 0 saturated carbocycles. The van der Waals surface area contributed by atoms with Crippen LogP contribution in [0.4, 0.5) is 14.9 Å². The molecule has 0 radical (unpaired) electrons. The van der Waals surface area contributed by atoms with Gasteiger partial charge in [0.05, 0.1) is 5.69 Å². The molecule has 1 saturated heterocycles. The maximum atomic E-state index is 14.6. The Bertz CT molecular complexity index is 1360. The molecule has 0 spiro atoms. The van der Waals surface area contributed by atoms with Crippen LogP contribution in [0.2, 0.25) is 0 Å². The first-order valence-electron chi connectivity index (χ1n) is 10.5. The molecule has 9 heteroatoms. The minimum Gasteiger partial charge on any atom is -0.325 e. The normalized spacial score (nSPS) is 14.6. The number of benzene rings is 2. The molecule has 2 aromatic carbocycles. The second kappa shape index (κ2) is 9.26. The van der Waals surface area contributed by atoms with Crippen LogP contribution in [-0.4, -0.2) is 33.9 Å². The van der Waals surface area contributed by atoms with Crippen molar-refractivity contribution in [1.82, 2.24) is 14.8 Å². The van der Waals surface area contributed by atoms with E-state index in [1.807, 2.05) is 19.9 Å². The van der Waals surface area contributed by atoms with E-state index in [0.717, 1.165) is 16.2 Å². The van der Waals surface area contributed by atoms with Crippen LogP contribution in [0.5, 0.6) is 0 Å². The Labute approximate surface area is 204 Å². The summed E-state index contributed by atoms with van der Waals surface area (Å²) in [4.78, 5) is 38.5. The van der Waals surface area contributed by atoms with E-state index in [-0.39, 0.29) is 5.70 Å². The third-order valence-electron chi connectivity index (χ3n) is 5.49. The van der Waals surface area contributed by atoms with E-state index in [9.17, 15) is 18.8 Å². The minimum absolute atomic E-state index is 0.0462. The van der Waals surface area contributed by atoms with Crippen molar-refractivity contribution in [3.05, 3.63) is 87.0 Å². The van der Waals surface area contributed by atoms with Gasteiger partial charge in [0.2, 0.25) is 5.91 Å². The van der Waals surface area contributed by atoms with Gasteiger partial charge >= 0.3 is 6.03 Å². The van der Waals surface area contributed by atoms with Crippen LogP contribution >= 0.6 is 15.9 Å². The van der Waals surface area contributed by atoms with E-state index >= 15 is 0 Å². The van der Waals surface area contributed by atoms with Crippen molar-refractivity contribution in [2.24, 2.45) is 0 Å². The Morgan fingerprint density at radius 1 is 1.12 bits per heavy atom. The number of hydrogen-bond donors (Lipinski definition) is 2. The molecule has 0 bridgehead atoms. The fourth-order valence-electron chi connectivity index (χ4n) is 3.90. The lowest BCUT2D eigenvalue weighted by molar-refractivity contribution is -0.127. The zero-order valence-corrected chi connectivity index (χ0v) is 20.4. The Morgan fingerprint density at radius 3 is 2.59 bits per heavy atom. The molecule has 2 heterocycles. The molecule has 3 aromatic rings. The minimum atomic E-state index is -0.677. The van der Waals surface area contributed by atoms with Crippen LogP contribution in [0.15, 0.2) is 58.7 Å². The zero-order valence-electron chi connectivity index (χ0n) is 18.8. The summed E-state index contributed by atoms with van der Waals surface area (Å²) in [5.41, 5.74) is 4.08. The summed E-state index contributed by atoms with van der Waals surface area (Å²) in [6.45, 7) is 5.11. The maximum Gasteiger partial charge on any atom is 0.329 e. The van der Waals surface area contributed by atoms with Gasteiger partial charge in [0.25, 0.3) is 5.91 Å². The average molecular weight is 525 g/mol. The van der Waals surface area contributed by atoms with Gasteiger partial charge in [-0.1, -0.05) is 28.1 Å². The van der Waals surface area contributed by atoms with Gasteiger partial charge in [-0.15, -0.1) is 0 Å². The second-order valence-electron chi connectivity index (χ2n) is 8.05. The van der Waals surface area contributed by atoms with Crippen molar-refractivity contribution in [3.63, 3.8) is 0 Å². The predicted octanol–water partition coefficient (Wildman–Crippen LogP) is 4.84. The number of nitrogens with zero attached hydrogens (tertiary/aromatic N) is 2. The van der Waals surface area contributed by atoms with E-state index in [1.54, 1.807) is 47.9 Å². The summed E-state index contributed by atoms with van der Waals surface area (Å²) < 4.78 is 16.9. The van der Waals surface area contributed by atoms with E-state index in [1.165, 1.54) is 12.1 Å². The summed E-state index contributed by atoms with van der Waals surface area (Å²) in [5, 5.41) is 5.21. The summed E-state index contributed by atoms with van der Waals surface area (Å²) in [6.07, 6.45) is 1.54. The summed E-state index contributed by atoms with van der Waals surface area (Å²) in [5.74, 6) is -1.49. The van der Waals surface area contributed by atoms with Crippen molar-refractivity contribution in [2.75, 3.05) is 11.9 Å². The highest BCUT2D eigenvalue weighted by Gasteiger charge is 2.35. The summed E-state index contributed by atoms with van der Waals surface area (Å²) in [7, 11) is 0. The molecule has 34 heavy (non-hydrogen) atoms. The molecule has 0 unspecified atom stereocenters.